The quantitative estimate of drug-likeness (QED) is 0.908. The van der Waals surface area contributed by atoms with Gasteiger partial charge in [0.1, 0.15) is 5.75 Å². The Kier molecular flexibility index (Phi) is 4.24. The third-order valence-corrected chi connectivity index (χ3v) is 5.07. The Bertz CT molecular complexity index is 702. The van der Waals surface area contributed by atoms with Crippen LogP contribution in [-0.4, -0.2) is 28.3 Å². The number of hydrogen-bond donors (Lipinski definition) is 2. The molecule has 0 aliphatic heterocycles. The fraction of sp³-hybridized carbons (Fsp3) is 0.474. The summed E-state index contributed by atoms with van der Waals surface area (Å²) in [7, 11) is 0. The van der Waals surface area contributed by atoms with Crippen LogP contribution in [-0.2, 0) is 12.8 Å². The Morgan fingerprint density at radius 3 is 2.75 bits per heavy atom. The molecule has 1 amide bonds. The lowest BCUT2D eigenvalue weighted by atomic mass is 9.93. The Hall–Kier alpha value is -2.30. The van der Waals surface area contributed by atoms with Crippen LogP contribution < -0.4 is 10.1 Å². The number of fused-ring (bicyclic) bond motifs is 1. The summed E-state index contributed by atoms with van der Waals surface area (Å²) in [6.45, 7) is 0. The molecule has 24 heavy (non-hydrogen) atoms. The second kappa shape index (κ2) is 6.67. The summed E-state index contributed by atoms with van der Waals surface area (Å²) in [6, 6.07) is 7.69. The highest BCUT2D eigenvalue weighted by Gasteiger charge is 2.22. The van der Waals surface area contributed by atoms with E-state index in [9.17, 15) is 4.79 Å². The highest BCUT2D eigenvalue weighted by atomic mass is 16.5. The summed E-state index contributed by atoms with van der Waals surface area (Å²) in [6.07, 6.45) is 9.73. The van der Waals surface area contributed by atoms with Crippen molar-refractivity contribution in [2.24, 2.45) is 0 Å². The van der Waals surface area contributed by atoms with Crippen LogP contribution in [0.2, 0.25) is 0 Å². The first-order valence-electron chi connectivity index (χ1n) is 8.86. The van der Waals surface area contributed by atoms with Gasteiger partial charge in [-0.05, 0) is 74.8 Å². The van der Waals surface area contributed by atoms with Gasteiger partial charge in [0.15, 0.2) is 0 Å². The molecule has 0 unspecified atom stereocenters. The molecule has 0 spiro atoms. The van der Waals surface area contributed by atoms with Crippen LogP contribution in [0.3, 0.4) is 0 Å². The number of rotatable bonds is 4. The molecular weight excluding hydrogens is 302 g/mol. The third kappa shape index (κ3) is 3.30. The van der Waals surface area contributed by atoms with E-state index in [1.165, 1.54) is 24.1 Å². The van der Waals surface area contributed by atoms with Crippen molar-refractivity contribution >= 4 is 5.91 Å². The molecule has 1 aromatic heterocycles. The Labute approximate surface area is 141 Å². The van der Waals surface area contributed by atoms with Crippen LogP contribution in [0.4, 0.5) is 0 Å². The van der Waals surface area contributed by atoms with E-state index in [4.69, 9.17) is 4.74 Å². The second-order valence-electron chi connectivity index (χ2n) is 6.84. The first-order chi connectivity index (χ1) is 11.8. The summed E-state index contributed by atoms with van der Waals surface area (Å²) < 4.78 is 5.95. The molecule has 5 nitrogen and oxygen atoms in total. The fourth-order valence-electron chi connectivity index (χ4n) is 3.69. The lowest BCUT2D eigenvalue weighted by Crippen LogP contribution is -2.38. The van der Waals surface area contributed by atoms with Crippen LogP contribution in [0.1, 0.15) is 53.7 Å². The number of nitrogens with one attached hydrogen (secondary N) is 2. The van der Waals surface area contributed by atoms with Crippen LogP contribution in [0.25, 0.3) is 0 Å². The van der Waals surface area contributed by atoms with Crippen molar-refractivity contribution in [2.45, 2.75) is 57.1 Å². The van der Waals surface area contributed by atoms with E-state index in [1.54, 1.807) is 0 Å². The molecule has 2 N–H and O–H groups in total. The molecule has 1 fully saturated rings. The van der Waals surface area contributed by atoms with Gasteiger partial charge in [-0.15, -0.1) is 0 Å². The highest BCUT2D eigenvalue weighted by molar-refractivity contribution is 5.94. The minimum Gasteiger partial charge on any atom is -0.490 e. The number of nitrogens with zero attached hydrogens (tertiary/aromatic N) is 1. The van der Waals surface area contributed by atoms with Gasteiger partial charge in [0.05, 0.1) is 12.3 Å². The van der Waals surface area contributed by atoms with Crippen molar-refractivity contribution in [1.82, 2.24) is 15.5 Å². The van der Waals surface area contributed by atoms with Gasteiger partial charge in [-0.25, -0.2) is 0 Å². The van der Waals surface area contributed by atoms with Gasteiger partial charge in [0, 0.05) is 17.3 Å². The van der Waals surface area contributed by atoms with Crippen LogP contribution >= 0.6 is 0 Å². The number of H-pyrrole nitrogens is 1. The van der Waals surface area contributed by atoms with Crippen molar-refractivity contribution < 1.29 is 9.53 Å². The number of ether oxygens (including phenoxy) is 1. The van der Waals surface area contributed by atoms with Gasteiger partial charge >= 0.3 is 0 Å². The van der Waals surface area contributed by atoms with E-state index in [2.05, 4.69) is 15.5 Å². The lowest BCUT2D eigenvalue weighted by molar-refractivity contribution is 0.0933. The van der Waals surface area contributed by atoms with Crippen molar-refractivity contribution in [3.63, 3.8) is 0 Å². The summed E-state index contributed by atoms with van der Waals surface area (Å²) in [5.74, 6) is 0.846. The Balaban J connectivity index is 1.34. The minimum absolute atomic E-state index is 0.0145. The maximum Gasteiger partial charge on any atom is 0.251 e. The summed E-state index contributed by atoms with van der Waals surface area (Å²) >= 11 is 0. The number of aromatic amines is 1. The molecule has 1 saturated carbocycles. The van der Waals surface area contributed by atoms with Crippen LogP contribution in [0.15, 0.2) is 30.5 Å². The predicted octanol–water partition coefficient (Wildman–Crippen LogP) is 3.02. The van der Waals surface area contributed by atoms with Crippen molar-refractivity contribution in [2.75, 3.05) is 0 Å². The lowest BCUT2D eigenvalue weighted by Gasteiger charge is -2.23. The molecule has 0 bridgehead atoms. The zero-order chi connectivity index (χ0) is 16.4. The summed E-state index contributed by atoms with van der Waals surface area (Å²) in [5.41, 5.74) is 3.10. The molecule has 2 aromatic rings. The van der Waals surface area contributed by atoms with Gasteiger partial charge in [0.2, 0.25) is 0 Å². The zero-order valence-corrected chi connectivity index (χ0v) is 13.8. The van der Waals surface area contributed by atoms with Crippen molar-refractivity contribution in [1.29, 1.82) is 0 Å². The van der Waals surface area contributed by atoms with E-state index in [0.717, 1.165) is 37.9 Å². The topological polar surface area (TPSA) is 67.0 Å². The largest absolute Gasteiger partial charge is 0.490 e. The molecule has 1 heterocycles. The van der Waals surface area contributed by atoms with E-state index in [-0.39, 0.29) is 11.9 Å². The molecule has 5 heteroatoms. The van der Waals surface area contributed by atoms with Gasteiger partial charge in [-0.1, -0.05) is 0 Å². The SMILES string of the molecule is O=C(N[C@H]1CCc2[nH]ncc2C1)c1ccc(OC2CCCC2)cc1. The molecule has 0 saturated heterocycles. The fourth-order valence-corrected chi connectivity index (χ4v) is 3.69. The minimum atomic E-state index is -0.0145. The highest BCUT2D eigenvalue weighted by Crippen LogP contribution is 2.24. The van der Waals surface area contributed by atoms with Gasteiger partial charge in [-0.3, -0.25) is 9.89 Å². The zero-order valence-electron chi connectivity index (χ0n) is 13.8. The van der Waals surface area contributed by atoms with Gasteiger partial charge in [0.25, 0.3) is 5.91 Å². The van der Waals surface area contributed by atoms with E-state index >= 15 is 0 Å². The summed E-state index contributed by atoms with van der Waals surface area (Å²) in [4.78, 5) is 12.4. The number of carbonyl (C=O) groups excluding carboxylic acids is 1. The standard InChI is InChI=1S/C19H23N3O2/c23-19(21-15-7-10-18-14(11-15)12-20-22-18)13-5-8-17(9-6-13)24-16-3-1-2-4-16/h5-6,8-9,12,15-16H,1-4,7,10-11H2,(H,20,22)(H,21,23)/t15-/m0/s1. The average Bonchev–Trinajstić information content (AvgIpc) is 3.26. The van der Waals surface area contributed by atoms with E-state index in [1.807, 2.05) is 30.5 Å². The van der Waals surface area contributed by atoms with Gasteiger partial charge in [-0.2, -0.15) is 5.10 Å². The molecule has 4 rings (SSSR count). The first kappa shape index (κ1) is 15.2. The molecule has 2 aliphatic rings. The number of benzene rings is 1. The third-order valence-electron chi connectivity index (χ3n) is 5.07. The molecule has 0 radical (unpaired) electrons. The van der Waals surface area contributed by atoms with Crippen molar-refractivity contribution in [3.05, 3.63) is 47.3 Å². The Morgan fingerprint density at radius 2 is 1.96 bits per heavy atom. The average molecular weight is 325 g/mol. The van der Waals surface area contributed by atoms with Crippen LogP contribution in [0, 0.1) is 0 Å². The number of amides is 1. The van der Waals surface area contributed by atoms with E-state index < -0.39 is 0 Å². The molecule has 126 valence electrons. The number of aryl methyl sites for hydroxylation is 1. The molecule has 2 aliphatic carbocycles. The normalized spacial score (nSPS) is 20.6. The molecule has 1 atom stereocenters. The number of hydrogen-bond acceptors (Lipinski definition) is 3. The van der Waals surface area contributed by atoms with E-state index in [0.29, 0.717) is 11.7 Å². The maximum atomic E-state index is 12.4. The molecular formula is C19H23N3O2. The summed E-state index contributed by atoms with van der Waals surface area (Å²) in [5, 5.41) is 10.2. The first-order valence-corrected chi connectivity index (χ1v) is 8.86. The second-order valence-corrected chi connectivity index (χ2v) is 6.84. The van der Waals surface area contributed by atoms with Gasteiger partial charge < -0.3 is 10.1 Å². The molecule has 1 aromatic carbocycles. The maximum absolute atomic E-state index is 12.4. The number of carbonyl (C=O) groups is 1. The Morgan fingerprint density at radius 1 is 1.17 bits per heavy atom. The van der Waals surface area contributed by atoms with Crippen LogP contribution in [0.5, 0.6) is 5.75 Å². The van der Waals surface area contributed by atoms with Crippen molar-refractivity contribution in [3.8, 4) is 5.75 Å². The predicted molar refractivity (Wildman–Crippen MR) is 91.2 cm³/mol. The number of aromatic nitrogens is 2. The monoisotopic (exact) mass is 325 g/mol. The smallest absolute Gasteiger partial charge is 0.251 e.